The largest absolute Gasteiger partial charge is 0.492 e. The first-order chi connectivity index (χ1) is 7.99. The van der Waals surface area contributed by atoms with Gasteiger partial charge in [0.25, 0.3) is 5.56 Å². The van der Waals surface area contributed by atoms with E-state index >= 15 is 0 Å². The zero-order valence-electron chi connectivity index (χ0n) is 8.17. The van der Waals surface area contributed by atoms with Gasteiger partial charge >= 0.3 is 0 Å². The van der Waals surface area contributed by atoms with Crippen molar-refractivity contribution in [2.45, 2.75) is 0 Å². The molecule has 2 N–H and O–H groups in total. The highest BCUT2D eigenvalue weighted by Crippen LogP contribution is 2.29. The van der Waals surface area contributed by atoms with Crippen molar-refractivity contribution in [1.82, 2.24) is 9.97 Å². The average molecular weight is 427 g/mol. The van der Waals surface area contributed by atoms with Crippen molar-refractivity contribution in [1.29, 1.82) is 0 Å². The second-order valence-corrected chi connectivity index (χ2v) is 5.55. The summed E-state index contributed by atoms with van der Waals surface area (Å²) in [6.07, 6.45) is 0. The maximum Gasteiger partial charge on any atom is 0.268 e. The van der Waals surface area contributed by atoms with Crippen molar-refractivity contribution in [3.63, 3.8) is 0 Å². The summed E-state index contributed by atoms with van der Waals surface area (Å²) in [6, 6.07) is 5.07. The van der Waals surface area contributed by atoms with Crippen molar-refractivity contribution in [2.24, 2.45) is 0 Å². The molecule has 0 bridgehead atoms. The molecule has 2 rings (SSSR count). The van der Waals surface area contributed by atoms with Crippen LogP contribution >= 0.6 is 50.1 Å². The quantitative estimate of drug-likeness (QED) is 0.688. The molecule has 0 spiro atoms. The lowest BCUT2D eigenvalue weighted by Crippen LogP contribution is -2.12. The van der Waals surface area contributed by atoms with E-state index in [2.05, 4.69) is 25.9 Å². The number of nitrogens with zero attached hydrogens (tertiary/aromatic N) is 1. The third kappa shape index (κ3) is 2.63. The number of H-pyrrole nitrogens is 1. The summed E-state index contributed by atoms with van der Waals surface area (Å²) >= 11 is 10.9. The van der Waals surface area contributed by atoms with Crippen LogP contribution in [0.25, 0.3) is 11.4 Å². The molecule has 1 aromatic heterocycles. The van der Waals surface area contributed by atoms with Crippen LogP contribution in [-0.4, -0.2) is 15.1 Å². The number of halogens is 3. The van der Waals surface area contributed by atoms with Gasteiger partial charge in [-0.15, -0.1) is 0 Å². The van der Waals surface area contributed by atoms with Crippen LogP contribution in [0.4, 0.5) is 0 Å². The highest BCUT2D eigenvalue weighted by Gasteiger charge is 2.11. The Kier molecular flexibility index (Phi) is 3.74. The highest BCUT2D eigenvalue weighted by molar-refractivity contribution is 14.1. The second kappa shape index (κ2) is 4.95. The van der Waals surface area contributed by atoms with E-state index in [9.17, 15) is 9.90 Å². The van der Waals surface area contributed by atoms with Gasteiger partial charge in [-0.1, -0.05) is 11.6 Å². The number of aromatic nitrogens is 2. The molecular weight excluding hydrogens is 422 g/mol. The average Bonchev–Trinajstić information content (AvgIpc) is 2.25. The molecule has 1 heterocycles. The standard InChI is InChI=1S/C10H5BrClIN2O2/c11-6-3-4(12)1-2-5(6)8-14-9(16)7(13)10(17)15-8/h1-3H,(H2,14,15,16,17). The minimum atomic E-state index is -0.380. The number of hydrogen-bond donors (Lipinski definition) is 2. The van der Waals surface area contributed by atoms with Gasteiger partial charge in [-0.05, 0) is 56.7 Å². The Bertz CT molecular complexity index is 645. The number of aromatic hydroxyl groups is 1. The predicted octanol–water partition coefficient (Wildman–Crippen LogP) is 3.16. The fourth-order valence-electron chi connectivity index (χ4n) is 1.26. The summed E-state index contributed by atoms with van der Waals surface area (Å²) in [5.41, 5.74) is 0.271. The van der Waals surface area contributed by atoms with Crippen LogP contribution in [0.15, 0.2) is 27.5 Å². The van der Waals surface area contributed by atoms with Crippen LogP contribution in [0.3, 0.4) is 0 Å². The Hall–Kier alpha value is -0.600. The van der Waals surface area contributed by atoms with Crippen LogP contribution in [-0.2, 0) is 0 Å². The van der Waals surface area contributed by atoms with Gasteiger partial charge in [-0.3, -0.25) is 4.79 Å². The van der Waals surface area contributed by atoms with Crippen LogP contribution < -0.4 is 5.56 Å². The molecule has 17 heavy (non-hydrogen) atoms. The van der Waals surface area contributed by atoms with E-state index in [1.54, 1.807) is 40.8 Å². The summed E-state index contributed by atoms with van der Waals surface area (Å²) in [7, 11) is 0. The lowest BCUT2D eigenvalue weighted by Gasteiger charge is -2.05. The molecule has 0 saturated carbocycles. The Balaban J connectivity index is 2.65. The molecular formula is C10H5BrClIN2O2. The molecule has 2 aromatic rings. The normalized spacial score (nSPS) is 10.5. The molecule has 1 aromatic carbocycles. The number of aromatic amines is 1. The maximum absolute atomic E-state index is 11.5. The molecule has 0 aliphatic carbocycles. The fourth-order valence-corrected chi connectivity index (χ4v) is 2.38. The first-order valence-electron chi connectivity index (χ1n) is 4.43. The zero-order valence-corrected chi connectivity index (χ0v) is 12.7. The summed E-state index contributed by atoms with van der Waals surface area (Å²) in [5.74, 6) is 0.00246. The van der Waals surface area contributed by atoms with E-state index in [1.165, 1.54) is 0 Å². The molecule has 0 aliphatic rings. The maximum atomic E-state index is 11.5. The molecule has 0 radical (unpaired) electrons. The third-order valence-electron chi connectivity index (χ3n) is 2.03. The Morgan fingerprint density at radius 1 is 1.47 bits per heavy atom. The number of hydrogen-bond acceptors (Lipinski definition) is 3. The molecule has 0 atom stereocenters. The van der Waals surface area contributed by atoms with Gasteiger partial charge in [0.05, 0.1) is 0 Å². The van der Waals surface area contributed by atoms with E-state index in [0.717, 1.165) is 0 Å². The van der Waals surface area contributed by atoms with Gasteiger partial charge in [0.1, 0.15) is 9.39 Å². The minimum absolute atomic E-state index is 0.163. The second-order valence-electron chi connectivity index (χ2n) is 3.18. The number of rotatable bonds is 1. The van der Waals surface area contributed by atoms with Crippen LogP contribution in [0, 0.1) is 3.57 Å². The molecule has 0 unspecified atom stereocenters. The summed E-state index contributed by atoms with van der Waals surface area (Å²) in [4.78, 5) is 18.0. The number of nitrogens with one attached hydrogen (secondary N) is 1. The van der Waals surface area contributed by atoms with Gasteiger partial charge in [0.15, 0.2) is 0 Å². The summed E-state index contributed by atoms with van der Waals surface area (Å²) in [6.45, 7) is 0. The van der Waals surface area contributed by atoms with Crippen LogP contribution in [0.1, 0.15) is 0 Å². The van der Waals surface area contributed by atoms with Gasteiger partial charge in [-0.25, -0.2) is 0 Å². The van der Waals surface area contributed by atoms with Gasteiger partial charge in [0.2, 0.25) is 5.88 Å². The first-order valence-corrected chi connectivity index (χ1v) is 6.68. The third-order valence-corrected chi connectivity index (χ3v) is 3.90. The van der Waals surface area contributed by atoms with E-state index in [0.29, 0.717) is 15.1 Å². The lowest BCUT2D eigenvalue weighted by atomic mass is 10.2. The molecule has 4 nitrogen and oxygen atoms in total. The summed E-state index contributed by atoms with van der Waals surface area (Å²) in [5, 5.41) is 10.1. The Labute approximate surface area is 123 Å². The van der Waals surface area contributed by atoms with Crippen molar-refractivity contribution in [3.05, 3.63) is 41.6 Å². The predicted molar refractivity (Wildman–Crippen MR) is 77.4 cm³/mol. The van der Waals surface area contributed by atoms with Gasteiger partial charge < -0.3 is 10.1 Å². The smallest absolute Gasteiger partial charge is 0.268 e. The molecule has 0 saturated heterocycles. The number of benzene rings is 1. The molecule has 0 aliphatic heterocycles. The zero-order chi connectivity index (χ0) is 12.6. The SMILES string of the molecule is O=c1[nH]c(-c2ccc(Cl)cc2Br)nc(O)c1I. The molecule has 88 valence electrons. The summed E-state index contributed by atoms with van der Waals surface area (Å²) < 4.78 is 0.852. The Morgan fingerprint density at radius 3 is 2.76 bits per heavy atom. The van der Waals surface area contributed by atoms with Gasteiger partial charge in [0, 0.05) is 15.1 Å². The van der Waals surface area contributed by atoms with Crippen LogP contribution in [0.5, 0.6) is 5.88 Å². The monoisotopic (exact) mass is 426 g/mol. The molecule has 0 amide bonds. The Morgan fingerprint density at radius 2 is 2.18 bits per heavy atom. The minimum Gasteiger partial charge on any atom is -0.492 e. The highest BCUT2D eigenvalue weighted by atomic mass is 127. The van der Waals surface area contributed by atoms with E-state index in [1.807, 2.05) is 0 Å². The van der Waals surface area contributed by atoms with E-state index in [-0.39, 0.29) is 20.8 Å². The lowest BCUT2D eigenvalue weighted by molar-refractivity contribution is 0.447. The molecule has 0 fully saturated rings. The van der Waals surface area contributed by atoms with Crippen molar-refractivity contribution < 1.29 is 5.11 Å². The van der Waals surface area contributed by atoms with E-state index < -0.39 is 0 Å². The topological polar surface area (TPSA) is 66.0 Å². The molecule has 7 heteroatoms. The van der Waals surface area contributed by atoms with Crippen LogP contribution in [0.2, 0.25) is 5.02 Å². The first kappa shape index (κ1) is 12.8. The van der Waals surface area contributed by atoms with Crippen molar-refractivity contribution in [3.8, 4) is 17.3 Å². The van der Waals surface area contributed by atoms with Crippen molar-refractivity contribution >= 4 is 50.1 Å². The van der Waals surface area contributed by atoms with Gasteiger partial charge in [-0.2, -0.15) is 4.98 Å². The van der Waals surface area contributed by atoms with Crippen molar-refractivity contribution in [2.75, 3.05) is 0 Å². The van der Waals surface area contributed by atoms with E-state index in [4.69, 9.17) is 11.6 Å². The fraction of sp³-hybridized carbons (Fsp3) is 0.